The molecule has 0 bridgehead atoms. The number of likely N-dealkylation sites (N-methyl/N-ethyl adjacent to an activating group) is 1. The molecule has 0 radical (unpaired) electrons. The molecule has 0 heterocycles. The van der Waals surface area contributed by atoms with E-state index in [0.29, 0.717) is 6.61 Å². The first-order valence-electron chi connectivity index (χ1n) is 6.22. The lowest BCUT2D eigenvalue weighted by atomic mass is 10.3. The summed E-state index contributed by atoms with van der Waals surface area (Å²) in [5, 5.41) is 9.71. The zero-order valence-corrected chi connectivity index (χ0v) is 10.5. The molecule has 0 aliphatic carbocycles. The minimum absolute atomic E-state index is 0.339. The Bertz CT molecular complexity index is 131. The summed E-state index contributed by atoms with van der Waals surface area (Å²) >= 11 is 0. The van der Waals surface area contributed by atoms with Crippen molar-refractivity contribution in [3.05, 3.63) is 0 Å². The van der Waals surface area contributed by atoms with Gasteiger partial charge in [0.15, 0.2) is 0 Å². The van der Waals surface area contributed by atoms with Gasteiger partial charge in [0, 0.05) is 13.2 Å². The Kier molecular flexibility index (Phi) is 10.3. The number of hydrogen-bond donors (Lipinski definition) is 1. The summed E-state index contributed by atoms with van der Waals surface area (Å²) in [5.74, 6) is 0. The minimum atomic E-state index is -0.339. The van der Waals surface area contributed by atoms with Crippen LogP contribution in [0.2, 0.25) is 0 Å². The fourth-order valence-corrected chi connectivity index (χ4v) is 1.51. The second kappa shape index (κ2) is 10.4. The molecule has 0 aromatic heterocycles. The lowest BCUT2D eigenvalue weighted by Crippen LogP contribution is -2.35. The highest BCUT2D eigenvalue weighted by atomic mass is 16.5. The Balaban J connectivity index is 3.47. The smallest absolute Gasteiger partial charge is 0.0900 e. The second-order valence-electron chi connectivity index (χ2n) is 3.98. The van der Waals surface area contributed by atoms with Crippen LogP contribution in [-0.2, 0) is 4.74 Å². The number of ether oxygens (including phenoxy) is 1. The molecule has 1 unspecified atom stereocenters. The lowest BCUT2D eigenvalue weighted by Gasteiger charge is -2.22. The number of unbranched alkanes of at least 4 members (excludes halogenated alkanes) is 1. The van der Waals surface area contributed by atoms with E-state index >= 15 is 0 Å². The van der Waals surface area contributed by atoms with Gasteiger partial charge < -0.3 is 14.7 Å². The molecular formula is C12H27NO2. The molecule has 0 aromatic rings. The molecule has 1 N–H and O–H groups in total. The van der Waals surface area contributed by atoms with E-state index in [1.54, 1.807) is 0 Å². The van der Waals surface area contributed by atoms with E-state index in [0.717, 1.165) is 45.5 Å². The fourth-order valence-electron chi connectivity index (χ4n) is 1.51. The molecule has 3 nitrogen and oxygen atoms in total. The highest BCUT2D eigenvalue weighted by molar-refractivity contribution is 4.62. The van der Waals surface area contributed by atoms with Crippen LogP contribution >= 0.6 is 0 Å². The van der Waals surface area contributed by atoms with Crippen molar-refractivity contribution in [1.29, 1.82) is 0 Å². The Labute approximate surface area is 94.4 Å². The van der Waals surface area contributed by atoms with Crippen LogP contribution in [0.25, 0.3) is 0 Å². The van der Waals surface area contributed by atoms with Crippen LogP contribution in [0.4, 0.5) is 0 Å². The van der Waals surface area contributed by atoms with Gasteiger partial charge in [0.2, 0.25) is 0 Å². The van der Waals surface area contributed by atoms with E-state index in [9.17, 15) is 5.11 Å². The van der Waals surface area contributed by atoms with Gasteiger partial charge in [0.1, 0.15) is 0 Å². The fraction of sp³-hybridized carbons (Fsp3) is 1.00. The average molecular weight is 217 g/mol. The zero-order valence-electron chi connectivity index (χ0n) is 10.5. The van der Waals surface area contributed by atoms with Gasteiger partial charge in [-0.25, -0.2) is 0 Å². The summed E-state index contributed by atoms with van der Waals surface area (Å²) in [6.07, 6.45) is 3.03. The van der Waals surface area contributed by atoms with Gasteiger partial charge in [-0.05, 0) is 25.9 Å². The van der Waals surface area contributed by atoms with Crippen LogP contribution in [0.1, 0.15) is 40.0 Å². The van der Waals surface area contributed by atoms with E-state index in [1.807, 2.05) is 0 Å². The van der Waals surface area contributed by atoms with Crippen LogP contribution in [0, 0.1) is 0 Å². The normalized spacial score (nSPS) is 13.4. The molecule has 0 aliphatic rings. The Morgan fingerprint density at radius 3 is 2.47 bits per heavy atom. The van der Waals surface area contributed by atoms with Crippen molar-refractivity contribution in [3.63, 3.8) is 0 Å². The van der Waals surface area contributed by atoms with E-state index < -0.39 is 0 Å². The third-order valence-electron chi connectivity index (χ3n) is 2.41. The highest BCUT2D eigenvalue weighted by Gasteiger charge is 2.09. The SMILES string of the molecule is CCCCOCC(O)CN(CC)CCC. The summed E-state index contributed by atoms with van der Waals surface area (Å²) in [5.41, 5.74) is 0. The van der Waals surface area contributed by atoms with E-state index in [2.05, 4.69) is 25.7 Å². The molecule has 0 saturated carbocycles. The molecule has 0 spiro atoms. The lowest BCUT2D eigenvalue weighted by molar-refractivity contribution is 0.0167. The molecule has 15 heavy (non-hydrogen) atoms. The van der Waals surface area contributed by atoms with Gasteiger partial charge in [-0.15, -0.1) is 0 Å². The zero-order chi connectivity index (χ0) is 11.5. The van der Waals surface area contributed by atoms with Gasteiger partial charge in [0.25, 0.3) is 0 Å². The predicted molar refractivity (Wildman–Crippen MR) is 64.1 cm³/mol. The monoisotopic (exact) mass is 217 g/mol. The Hall–Kier alpha value is -0.120. The largest absolute Gasteiger partial charge is 0.389 e. The van der Waals surface area contributed by atoms with Crippen LogP contribution in [-0.4, -0.2) is 49.0 Å². The van der Waals surface area contributed by atoms with Crippen molar-refractivity contribution < 1.29 is 9.84 Å². The minimum Gasteiger partial charge on any atom is -0.389 e. The first kappa shape index (κ1) is 14.9. The third kappa shape index (κ3) is 8.85. The molecule has 0 rings (SSSR count). The van der Waals surface area contributed by atoms with Gasteiger partial charge >= 0.3 is 0 Å². The van der Waals surface area contributed by atoms with E-state index in [1.165, 1.54) is 0 Å². The summed E-state index contributed by atoms with van der Waals surface area (Å²) in [6.45, 7) is 10.5. The summed E-state index contributed by atoms with van der Waals surface area (Å²) in [4.78, 5) is 2.26. The standard InChI is InChI=1S/C12H27NO2/c1-4-7-9-15-11-12(14)10-13(6-3)8-5-2/h12,14H,4-11H2,1-3H3. The first-order chi connectivity index (χ1) is 7.24. The maximum atomic E-state index is 9.71. The van der Waals surface area contributed by atoms with Gasteiger partial charge in [-0.2, -0.15) is 0 Å². The van der Waals surface area contributed by atoms with Gasteiger partial charge in [-0.1, -0.05) is 27.2 Å². The van der Waals surface area contributed by atoms with E-state index in [4.69, 9.17) is 4.74 Å². The molecule has 3 heteroatoms. The molecule has 0 saturated heterocycles. The maximum absolute atomic E-state index is 9.71. The van der Waals surface area contributed by atoms with Crippen molar-refractivity contribution >= 4 is 0 Å². The number of nitrogens with zero attached hydrogens (tertiary/aromatic N) is 1. The second-order valence-corrected chi connectivity index (χ2v) is 3.98. The molecular weight excluding hydrogens is 190 g/mol. The van der Waals surface area contributed by atoms with Gasteiger partial charge in [-0.3, -0.25) is 0 Å². The van der Waals surface area contributed by atoms with Crippen molar-refractivity contribution in [2.45, 2.75) is 46.1 Å². The topological polar surface area (TPSA) is 32.7 Å². The first-order valence-corrected chi connectivity index (χ1v) is 6.22. The van der Waals surface area contributed by atoms with Gasteiger partial charge in [0.05, 0.1) is 12.7 Å². The van der Waals surface area contributed by atoms with Crippen molar-refractivity contribution in [1.82, 2.24) is 4.90 Å². The van der Waals surface area contributed by atoms with Crippen LogP contribution in [0.15, 0.2) is 0 Å². The predicted octanol–water partition coefficient (Wildman–Crippen LogP) is 1.90. The molecule has 0 fully saturated rings. The van der Waals surface area contributed by atoms with Crippen molar-refractivity contribution in [3.8, 4) is 0 Å². The van der Waals surface area contributed by atoms with Crippen LogP contribution < -0.4 is 0 Å². The molecule has 0 aromatic carbocycles. The highest BCUT2D eigenvalue weighted by Crippen LogP contribution is 1.96. The average Bonchev–Trinajstić information content (AvgIpc) is 2.24. The van der Waals surface area contributed by atoms with Crippen LogP contribution in [0.3, 0.4) is 0 Å². The Morgan fingerprint density at radius 1 is 1.20 bits per heavy atom. The summed E-state index contributed by atoms with van der Waals surface area (Å²) in [7, 11) is 0. The molecule has 0 aliphatic heterocycles. The summed E-state index contributed by atoms with van der Waals surface area (Å²) < 4.78 is 5.38. The van der Waals surface area contributed by atoms with E-state index in [-0.39, 0.29) is 6.10 Å². The number of hydrogen-bond acceptors (Lipinski definition) is 3. The number of aliphatic hydroxyl groups excluding tert-OH is 1. The summed E-state index contributed by atoms with van der Waals surface area (Å²) in [6, 6.07) is 0. The molecule has 1 atom stereocenters. The number of rotatable bonds is 10. The quantitative estimate of drug-likeness (QED) is 0.567. The maximum Gasteiger partial charge on any atom is 0.0900 e. The molecule has 0 amide bonds. The van der Waals surface area contributed by atoms with Crippen LogP contribution in [0.5, 0.6) is 0 Å². The molecule has 92 valence electrons. The Morgan fingerprint density at radius 2 is 1.93 bits per heavy atom. The third-order valence-corrected chi connectivity index (χ3v) is 2.41. The van der Waals surface area contributed by atoms with Crippen molar-refractivity contribution in [2.24, 2.45) is 0 Å². The van der Waals surface area contributed by atoms with Crippen molar-refractivity contribution in [2.75, 3.05) is 32.8 Å². The number of aliphatic hydroxyl groups is 1.